The van der Waals surface area contributed by atoms with E-state index in [2.05, 4.69) is 25.6 Å². The molecule has 2 atom stereocenters. The van der Waals surface area contributed by atoms with Crippen LogP contribution in [-0.2, 0) is 11.3 Å². The Kier molecular flexibility index (Phi) is 5.15. The quantitative estimate of drug-likeness (QED) is 0.805. The molecule has 1 saturated carbocycles. The summed E-state index contributed by atoms with van der Waals surface area (Å²) in [5, 5.41) is 14.7. The van der Waals surface area contributed by atoms with E-state index >= 15 is 0 Å². The Morgan fingerprint density at radius 1 is 1.29 bits per heavy atom. The van der Waals surface area contributed by atoms with Crippen LogP contribution in [0, 0.1) is 12.8 Å². The van der Waals surface area contributed by atoms with E-state index in [1.165, 1.54) is 0 Å². The Labute approximate surface area is 163 Å². The molecule has 9 heteroatoms. The first-order valence-electron chi connectivity index (χ1n) is 10.1. The number of carbonyl (C=O) groups excluding carboxylic acids is 2. The van der Waals surface area contributed by atoms with Crippen LogP contribution in [0.3, 0.4) is 0 Å². The lowest BCUT2D eigenvalue weighted by Crippen LogP contribution is -2.43. The van der Waals surface area contributed by atoms with Crippen molar-refractivity contribution in [3.05, 3.63) is 29.6 Å². The van der Waals surface area contributed by atoms with E-state index in [0.29, 0.717) is 31.2 Å². The topological polar surface area (TPSA) is 109 Å². The van der Waals surface area contributed by atoms with Gasteiger partial charge in [0.05, 0.1) is 12.0 Å². The van der Waals surface area contributed by atoms with Crippen molar-refractivity contribution in [3.63, 3.8) is 0 Å². The van der Waals surface area contributed by atoms with E-state index in [1.807, 2.05) is 13.8 Å². The maximum atomic E-state index is 12.9. The predicted octanol–water partition coefficient (Wildman–Crippen LogP) is 1.24. The van der Waals surface area contributed by atoms with Gasteiger partial charge in [0, 0.05) is 31.7 Å². The minimum Gasteiger partial charge on any atom is -0.351 e. The summed E-state index contributed by atoms with van der Waals surface area (Å²) >= 11 is 0. The van der Waals surface area contributed by atoms with Crippen molar-refractivity contribution in [2.45, 2.75) is 58.0 Å². The minimum absolute atomic E-state index is 0.0829. The highest BCUT2D eigenvalue weighted by Gasteiger charge is 2.40. The summed E-state index contributed by atoms with van der Waals surface area (Å²) in [6.07, 6.45) is 5.91. The van der Waals surface area contributed by atoms with Crippen LogP contribution in [0.5, 0.6) is 0 Å². The van der Waals surface area contributed by atoms with Gasteiger partial charge in [-0.25, -0.2) is 4.98 Å². The Hall–Kier alpha value is -2.71. The molecule has 1 aliphatic carbocycles. The SMILES string of the molecule is CCn1ccc(C(=O)N2C[C@@H](NC(=O)C3CCCC3)[C@H](c3n[nH]c(C)n3)C2)n1. The standard InChI is InChI=1S/C19H27N7O2/c1-3-26-9-8-15(24-26)19(28)25-10-14(17-20-12(2)22-23-17)16(11-25)21-18(27)13-6-4-5-7-13/h8-9,13-14,16H,3-7,10-11H2,1-2H3,(H,21,27)(H,20,22,23)/t14-,16-/m1/s1. The number of amides is 2. The molecule has 2 aliphatic rings. The molecular weight excluding hydrogens is 358 g/mol. The van der Waals surface area contributed by atoms with Crippen molar-refractivity contribution in [3.8, 4) is 0 Å². The zero-order chi connectivity index (χ0) is 19.7. The zero-order valence-electron chi connectivity index (χ0n) is 16.4. The van der Waals surface area contributed by atoms with Crippen LogP contribution in [0.4, 0.5) is 0 Å². The monoisotopic (exact) mass is 385 g/mol. The van der Waals surface area contributed by atoms with E-state index in [0.717, 1.165) is 31.5 Å². The minimum atomic E-state index is -0.194. The van der Waals surface area contributed by atoms with Gasteiger partial charge in [0.2, 0.25) is 5.91 Å². The molecule has 2 aromatic rings. The fraction of sp³-hybridized carbons (Fsp3) is 0.632. The lowest BCUT2D eigenvalue weighted by Gasteiger charge is -2.20. The Bertz CT molecular complexity index is 852. The van der Waals surface area contributed by atoms with E-state index in [-0.39, 0.29) is 29.7 Å². The lowest BCUT2D eigenvalue weighted by atomic mass is 10.0. The summed E-state index contributed by atoms with van der Waals surface area (Å²) in [5.41, 5.74) is 0.425. The normalized spacial score (nSPS) is 22.7. The van der Waals surface area contributed by atoms with Gasteiger partial charge < -0.3 is 10.2 Å². The number of nitrogens with one attached hydrogen (secondary N) is 2. The fourth-order valence-electron chi connectivity index (χ4n) is 4.21. The smallest absolute Gasteiger partial charge is 0.274 e. The van der Waals surface area contributed by atoms with Crippen LogP contribution in [-0.4, -0.2) is 60.8 Å². The summed E-state index contributed by atoms with van der Waals surface area (Å²) in [5.74, 6) is 1.28. The van der Waals surface area contributed by atoms with Crippen LogP contribution in [0.25, 0.3) is 0 Å². The maximum Gasteiger partial charge on any atom is 0.274 e. The van der Waals surface area contributed by atoms with Crippen LogP contribution >= 0.6 is 0 Å². The summed E-state index contributed by atoms with van der Waals surface area (Å²) in [6.45, 7) is 5.44. The molecule has 4 rings (SSSR count). The highest BCUT2D eigenvalue weighted by atomic mass is 16.2. The summed E-state index contributed by atoms with van der Waals surface area (Å²) in [4.78, 5) is 31.8. The number of nitrogens with zero attached hydrogens (tertiary/aromatic N) is 5. The van der Waals surface area contributed by atoms with E-state index in [4.69, 9.17) is 0 Å². The molecule has 150 valence electrons. The van der Waals surface area contributed by atoms with Crippen molar-refractivity contribution in [2.75, 3.05) is 13.1 Å². The zero-order valence-corrected chi connectivity index (χ0v) is 16.4. The highest BCUT2D eigenvalue weighted by molar-refractivity contribution is 5.92. The largest absolute Gasteiger partial charge is 0.351 e. The van der Waals surface area contributed by atoms with Gasteiger partial charge in [0.1, 0.15) is 11.5 Å². The van der Waals surface area contributed by atoms with Crippen LogP contribution in [0.1, 0.15) is 60.7 Å². The Balaban J connectivity index is 1.52. The van der Waals surface area contributed by atoms with Gasteiger partial charge >= 0.3 is 0 Å². The molecule has 0 bridgehead atoms. The summed E-state index contributed by atoms with van der Waals surface area (Å²) < 4.78 is 1.73. The third-order valence-electron chi connectivity index (χ3n) is 5.79. The van der Waals surface area contributed by atoms with Crippen molar-refractivity contribution in [1.82, 2.24) is 35.2 Å². The Morgan fingerprint density at radius 3 is 2.71 bits per heavy atom. The van der Waals surface area contributed by atoms with Gasteiger partial charge in [-0.05, 0) is 32.8 Å². The van der Waals surface area contributed by atoms with Gasteiger partial charge in [-0.2, -0.15) is 10.2 Å². The molecule has 0 aromatic carbocycles. The summed E-state index contributed by atoms with van der Waals surface area (Å²) in [6, 6.07) is 1.54. The van der Waals surface area contributed by atoms with Crippen molar-refractivity contribution >= 4 is 11.8 Å². The molecule has 0 unspecified atom stereocenters. The number of H-pyrrole nitrogens is 1. The number of hydrogen-bond acceptors (Lipinski definition) is 5. The van der Waals surface area contributed by atoms with Gasteiger partial charge in [-0.1, -0.05) is 12.8 Å². The second-order valence-corrected chi connectivity index (χ2v) is 7.75. The molecule has 2 fully saturated rings. The number of hydrogen-bond donors (Lipinski definition) is 2. The van der Waals surface area contributed by atoms with Crippen LogP contribution in [0.2, 0.25) is 0 Å². The number of carbonyl (C=O) groups is 2. The first kappa shape index (κ1) is 18.6. The van der Waals surface area contributed by atoms with Crippen molar-refractivity contribution in [2.24, 2.45) is 5.92 Å². The highest BCUT2D eigenvalue weighted by Crippen LogP contribution is 2.29. The summed E-state index contributed by atoms with van der Waals surface area (Å²) in [7, 11) is 0. The molecule has 1 saturated heterocycles. The molecule has 2 aromatic heterocycles. The van der Waals surface area contributed by atoms with Gasteiger partial charge in [-0.3, -0.25) is 19.4 Å². The van der Waals surface area contributed by atoms with Crippen molar-refractivity contribution < 1.29 is 9.59 Å². The van der Waals surface area contributed by atoms with Crippen molar-refractivity contribution in [1.29, 1.82) is 0 Å². The molecule has 3 heterocycles. The van der Waals surface area contributed by atoms with E-state index in [1.54, 1.807) is 21.8 Å². The third kappa shape index (κ3) is 3.65. The molecule has 28 heavy (non-hydrogen) atoms. The first-order chi connectivity index (χ1) is 13.5. The average Bonchev–Trinajstić information content (AvgIpc) is 3.46. The number of likely N-dealkylation sites (tertiary alicyclic amines) is 1. The lowest BCUT2D eigenvalue weighted by molar-refractivity contribution is -0.125. The second kappa shape index (κ2) is 7.73. The molecule has 2 N–H and O–H groups in total. The second-order valence-electron chi connectivity index (χ2n) is 7.75. The molecule has 1 aliphatic heterocycles. The molecule has 0 spiro atoms. The molecule has 2 amide bonds. The Morgan fingerprint density at radius 2 is 2.07 bits per heavy atom. The number of aryl methyl sites for hydroxylation is 2. The number of aromatic nitrogens is 5. The van der Waals surface area contributed by atoms with Gasteiger partial charge in [0.25, 0.3) is 5.91 Å². The predicted molar refractivity (Wildman–Crippen MR) is 102 cm³/mol. The molecule has 0 radical (unpaired) electrons. The first-order valence-corrected chi connectivity index (χ1v) is 10.1. The van der Waals surface area contributed by atoms with Crippen LogP contribution < -0.4 is 5.32 Å². The van der Waals surface area contributed by atoms with Crippen LogP contribution in [0.15, 0.2) is 12.3 Å². The average molecular weight is 385 g/mol. The molecule has 9 nitrogen and oxygen atoms in total. The van der Waals surface area contributed by atoms with Gasteiger partial charge in [-0.15, -0.1) is 0 Å². The van der Waals surface area contributed by atoms with E-state index < -0.39 is 0 Å². The number of rotatable bonds is 5. The fourth-order valence-corrected chi connectivity index (χ4v) is 4.21. The maximum absolute atomic E-state index is 12.9. The van der Waals surface area contributed by atoms with E-state index in [9.17, 15) is 9.59 Å². The number of aromatic amines is 1. The van der Waals surface area contributed by atoms with Gasteiger partial charge in [0.15, 0.2) is 5.82 Å². The molecular formula is C19H27N7O2. The third-order valence-corrected chi connectivity index (χ3v) is 5.79.